The minimum Gasteiger partial charge on any atom is -0.329 e. The quantitative estimate of drug-likeness (QED) is 0.859. The third kappa shape index (κ3) is 3.15. The maximum atomic E-state index is 13.2. The zero-order valence-corrected chi connectivity index (χ0v) is 12.8. The number of anilines is 1. The number of alkyl halides is 3. The Morgan fingerprint density at radius 2 is 2.08 bits per heavy atom. The van der Waals surface area contributed by atoms with Crippen LogP contribution in [0, 0.1) is 0 Å². The fourth-order valence-corrected chi connectivity index (χ4v) is 2.39. The molecular formula is C15H14F3N5O. The van der Waals surface area contributed by atoms with Crippen molar-refractivity contribution in [2.45, 2.75) is 13.1 Å². The normalized spacial score (nSPS) is 15.2. The highest BCUT2D eigenvalue weighted by molar-refractivity contribution is 5.84. The van der Waals surface area contributed by atoms with Crippen LogP contribution in [0.15, 0.2) is 30.6 Å². The molecule has 0 atom stereocenters. The maximum absolute atomic E-state index is 13.2. The van der Waals surface area contributed by atoms with Gasteiger partial charge in [0.25, 0.3) is 0 Å². The van der Waals surface area contributed by atoms with E-state index in [9.17, 15) is 18.0 Å². The van der Waals surface area contributed by atoms with E-state index in [0.29, 0.717) is 12.1 Å². The van der Waals surface area contributed by atoms with Crippen LogP contribution in [-0.4, -0.2) is 45.5 Å². The van der Waals surface area contributed by atoms with Gasteiger partial charge in [-0.2, -0.15) is 13.2 Å². The number of pyridine rings is 1. The first-order valence-electron chi connectivity index (χ1n) is 7.28. The first-order chi connectivity index (χ1) is 11.4. The smallest absolute Gasteiger partial charge is 0.329 e. The van der Waals surface area contributed by atoms with E-state index in [2.05, 4.69) is 15.0 Å². The molecular weight excluding hydrogens is 323 g/mol. The van der Waals surface area contributed by atoms with Gasteiger partial charge in [-0.15, -0.1) is 0 Å². The molecule has 0 unspecified atom stereocenters. The van der Waals surface area contributed by atoms with Gasteiger partial charge >= 0.3 is 6.18 Å². The summed E-state index contributed by atoms with van der Waals surface area (Å²) in [6, 6.07) is 4.04. The molecule has 0 saturated carbocycles. The van der Waals surface area contributed by atoms with Crippen LogP contribution in [-0.2, 0) is 11.0 Å². The van der Waals surface area contributed by atoms with Crippen molar-refractivity contribution in [1.29, 1.82) is 0 Å². The van der Waals surface area contributed by atoms with Gasteiger partial charge in [-0.1, -0.05) is 0 Å². The molecule has 2 aromatic heterocycles. The Labute approximate surface area is 136 Å². The highest BCUT2D eigenvalue weighted by Crippen LogP contribution is 2.32. The molecule has 0 spiro atoms. The van der Waals surface area contributed by atoms with E-state index in [1.807, 2.05) is 6.92 Å². The maximum Gasteiger partial charge on any atom is 0.433 e. The molecule has 3 rings (SSSR count). The van der Waals surface area contributed by atoms with Crippen LogP contribution >= 0.6 is 0 Å². The lowest BCUT2D eigenvalue weighted by molar-refractivity contribution is -0.141. The molecule has 0 N–H and O–H groups in total. The van der Waals surface area contributed by atoms with Gasteiger partial charge in [0.05, 0.1) is 6.67 Å². The molecule has 0 radical (unpaired) electrons. The van der Waals surface area contributed by atoms with Crippen molar-refractivity contribution in [3.05, 3.63) is 36.3 Å². The molecule has 1 saturated heterocycles. The highest BCUT2D eigenvalue weighted by atomic mass is 19.4. The predicted molar refractivity (Wildman–Crippen MR) is 79.9 cm³/mol. The third-order valence-electron chi connectivity index (χ3n) is 3.65. The van der Waals surface area contributed by atoms with Crippen LogP contribution in [0.3, 0.4) is 0 Å². The second kappa shape index (κ2) is 6.06. The van der Waals surface area contributed by atoms with Gasteiger partial charge < -0.3 is 9.80 Å². The Morgan fingerprint density at radius 1 is 1.29 bits per heavy atom. The molecule has 1 fully saturated rings. The summed E-state index contributed by atoms with van der Waals surface area (Å²) in [6.45, 7) is 2.50. The topological polar surface area (TPSA) is 62.2 Å². The molecule has 9 heteroatoms. The summed E-state index contributed by atoms with van der Waals surface area (Å²) in [4.78, 5) is 26.6. The van der Waals surface area contributed by atoms with Gasteiger partial charge in [-0.05, 0) is 19.1 Å². The first kappa shape index (κ1) is 16.2. The molecule has 1 aliphatic rings. The molecule has 0 aliphatic carbocycles. The number of amides is 1. The molecule has 2 aromatic rings. The van der Waals surface area contributed by atoms with Crippen molar-refractivity contribution in [2.75, 3.05) is 24.7 Å². The fourth-order valence-electron chi connectivity index (χ4n) is 2.39. The van der Waals surface area contributed by atoms with E-state index in [1.165, 1.54) is 17.3 Å². The Hall–Kier alpha value is -2.71. The van der Waals surface area contributed by atoms with Crippen molar-refractivity contribution >= 4 is 11.7 Å². The second-order valence-electron chi connectivity index (χ2n) is 5.26. The zero-order chi connectivity index (χ0) is 17.3. The van der Waals surface area contributed by atoms with Crippen LogP contribution in [0.2, 0.25) is 0 Å². The standard InChI is InChI=1S/C15H14F3N5O/c1-2-22-9-23(8-13(22)24)12-6-11(15(16,17)18)20-14(21-12)10-4-3-5-19-7-10/h3-7H,2,8-9H2,1H3. The number of likely N-dealkylation sites (N-methyl/N-ethyl adjacent to an activating group) is 1. The number of hydrogen-bond acceptors (Lipinski definition) is 5. The minimum absolute atomic E-state index is 0.00533. The lowest BCUT2D eigenvalue weighted by Crippen LogP contribution is -2.27. The summed E-state index contributed by atoms with van der Waals surface area (Å²) in [5.74, 6) is -0.150. The van der Waals surface area contributed by atoms with Crippen molar-refractivity contribution in [3.8, 4) is 11.4 Å². The van der Waals surface area contributed by atoms with E-state index < -0.39 is 11.9 Å². The van der Waals surface area contributed by atoms with E-state index in [0.717, 1.165) is 6.07 Å². The largest absolute Gasteiger partial charge is 0.433 e. The summed E-state index contributed by atoms with van der Waals surface area (Å²) in [6.07, 6.45) is -1.70. The summed E-state index contributed by atoms with van der Waals surface area (Å²) >= 11 is 0. The third-order valence-corrected chi connectivity index (χ3v) is 3.65. The second-order valence-corrected chi connectivity index (χ2v) is 5.26. The van der Waals surface area contributed by atoms with Crippen molar-refractivity contribution in [1.82, 2.24) is 19.9 Å². The van der Waals surface area contributed by atoms with Crippen LogP contribution in [0.5, 0.6) is 0 Å². The van der Waals surface area contributed by atoms with Crippen LogP contribution < -0.4 is 4.90 Å². The number of carbonyl (C=O) groups excluding carboxylic acids is 1. The van der Waals surface area contributed by atoms with Crippen molar-refractivity contribution in [2.24, 2.45) is 0 Å². The number of halogens is 3. The fraction of sp³-hybridized carbons (Fsp3) is 0.333. The lowest BCUT2D eigenvalue weighted by atomic mass is 10.2. The lowest BCUT2D eigenvalue weighted by Gasteiger charge is -2.19. The van der Waals surface area contributed by atoms with Gasteiger partial charge in [0.2, 0.25) is 5.91 Å². The van der Waals surface area contributed by atoms with Crippen LogP contribution in [0.4, 0.5) is 19.0 Å². The Balaban J connectivity index is 2.05. The number of aromatic nitrogens is 3. The minimum atomic E-state index is -4.61. The average Bonchev–Trinajstić information content (AvgIpc) is 2.95. The highest BCUT2D eigenvalue weighted by Gasteiger charge is 2.35. The number of hydrogen-bond donors (Lipinski definition) is 0. The van der Waals surface area contributed by atoms with Crippen LogP contribution in [0.25, 0.3) is 11.4 Å². The van der Waals surface area contributed by atoms with Crippen molar-refractivity contribution in [3.63, 3.8) is 0 Å². The Morgan fingerprint density at radius 3 is 2.67 bits per heavy atom. The number of carbonyl (C=O) groups is 1. The number of nitrogens with zero attached hydrogens (tertiary/aromatic N) is 5. The summed E-state index contributed by atoms with van der Waals surface area (Å²) in [5, 5.41) is 0. The molecule has 1 amide bonds. The van der Waals surface area contributed by atoms with E-state index in [-0.39, 0.29) is 30.8 Å². The van der Waals surface area contributed by atoms with Gasteiger partial charge in [0, 0.05) is 30.6 Å². The molecule has 24 heavy (non-hydrogen) atoms. The van der Waals surface area contributed by atoms with E-state index in [4.69, 9.17) is 0 Å². The molecule has 0 bridgehead atoms. The molecule has 6 nitrogen and oxygen atoms in total. The van der Waals surface area contributed by atoms with Gasteiger partial charge in [-0.3, -0.25) is 9.78 Å². The SMILES string of the molecule is CCN1CN(c2cc(C(F)(F)F)nc(-c3cccnc3)n2)CC1=O. The van der Waals surface area contributed by atoms with E-state index in [1.54, 1.807) is 17.0 Å². The van der Waals surface area contributed by atoms with Gasteiger partial charge in [0.15, 0.2) is 11.5 Å². The van der Waals surface area contributed by atoms with Crippen LogP contribution in [0.1, 0.15) is 12.6 Å². The molecule has 3 heterocycles. The van der Waals surface area contributed by atoms with Gasteiger partial charge in [-0.25, -0.2) is 9.97 Å². The Kier molecular flexibility index (Phi) is 4.08. The van der Waals surface area contributed by atoms with Crippen molar-refractivity contribution < 1.29 is 18.0 Å². The molecule has 1 aliphatic heterocycles. The predicted octanol–water partition coefficient (Wildman–Crippen LogP) is 2.18. The summed E-state index contributed by atoms with van der Waals surface area (Å²) in [7, 11) is 0. The van der Waals surface area contributed by atoms with Gasteiger partial charge in [0.1, 0.15) is 12.4 Å². The molecule has 0 aromatic carbocycles. The monoisotopic (exact) mass is 337 g/mol. The Bertz CT molecular complexity index is 751. The number of rotatable bonds is 3. The summed E-state index contributed by atoms with van der Waals surface area (Å²) < 4.78 is 39.5. The average molecular weight is 337 g/mol. The first-order valence-corrected chi connectivity index (χ1v) is 7.28. The van der Waals surface area contributed by atoms with E-state index >= 15 is 0 Å². The summed E-state index contributed by atoms with van der Waals surface area (Å²) in [5.41, 5.74) is -0.670. The zero-order valence-electron chi connectivity index (χ0n) is 12.8. The molecule has 126 valence electrons.